The van der Waals surface area contributed by atoms with Gasteiger partial charge in [-0.3, -0.25) is 9.59 Å². The van der Waals surface area contributed by atoms with Crippen LogP contribution in [-0.4, -0.2) is 78.2 Å². The molecule has 12 nitrogen and oxygen atoms in total. The molecule has 0 aliphatic heterocycles. The van der Waals surface area contributed by atoms with Crippen LogP contribution in [0.4, 0.5) is 19.4 Å². The molecule has 2 aromatic heterocycles. The fraction of sp³-hybridized carbons (Fsp3) is 0.400. The van der Waals surface area contributed by atoms with Gasteiger partial charge in [0.05, 0.1) is 18.3 Å². The summed E-state index contributed by atoms with van der Waals surface area (Å²) in [6.45, 7) is 2.86. The molecule has 2 aromatic rings. The van der Waals surface area contributed by atoms with Crippen molar-refractivity contribution in [1.82, 2.24) is 14.8 Å². The van der Waals surface area contributed by atoms with Gasteiger partial charge in [0.25, 0.3) is 5.91 Å². The first-order valence-electron chi connectivity index (χ1n) is 11.8. The van der Waals surface area contributed by atoms with Crippen molar-refractivity contribution in [3.8, 4) is 0 Å². The van der Waals surface area contributed by atoms with Gasteiger partial charge in [0, 0.05) is 24.7 Å². The maximum absolute atomic E-state index is 13.2. The van der Waals surface area contributed by atoms with Gasteiger partial charge in [-0.2, -0.15) is 13.5 Å². The van der Waals surface area contributed by atoms with E-state index in [0.717, 1.165) is 10.9 Å². The average molecular weight is 583 g/mol. The summed E-state index contributed by atoms with van der Waals surface area (Å²) in [6, 6.07) is 4.01. The molecular formula is C25H28F2N4O8S. The van der Waals surface area contributed by atoms with Crippen LogP contribution in [0.25, 0.3) is 5.57 Å². The number of ether oxygens (including phenoxy) is 3. The smallest absolute Gasteiger partial charge is 0.435 e. The first kappa shape index (κ1) is 30.7. The molecule has 2 atom stereocenters. The second-order valence-corrected chi connectivity index (χ2v) is 11.7. The fourth-order valence-electron chi connectivity index (χ4n) is 3.38. The van der Waals surface area contributed by atoms with Crippen LogP contribution in [0.3, 0.4) is 0 Å². The van der Waals surface area contributed by atoms with Crippen molar-refractivity contribution in [2.45, 2.75) is 57.1 Å². The van der Waals surface area contributed by atoms with E-state index in [1.54, 1.807) is 20.8 Å². The van der Waals surface area contributed by atoms with Crippen molar-refractivity contribution in [1.29, 1.82) is 0 Å². The van der Waals surface area contributed by atoms with E-state index >= 15 is 0 Å². The molecule has 0 saturated heterocycles. The Balaban J connectivity index is 1.88. The largest absolute Gasteiger partial charge is 0.442 e. The zero-order valence-corrected chi connectivity index (χ0v) is 23.1. The van der Waals surface area contributed by atoms with Gasteiger partial charge in [-0.15, -0.1) is 5.10 Å². The van der Waals surface area contributed by atoms with Crippen molar-refractivity contribution in [2.75, 3.05) is 18.2 Å². The van der Waals surface area contributed by atoms with Crippen LogP contribution in [0.15, 0.2) is 53.3 Å². The molecule has 0 bridgehead atoms. The number of anilines is 1. The zero-order chi connectivity index (χ0) is 29.8. The van der Waals surface area contributed by atoms with E-state index in [9.17, 15) is 31.6 Å². The summed E-state index contributed by atoms with van der Waals surface area (Å²) < 4.78 is 64.4. The number of carbonyl (C=O) groups excluding carboxylic acids is 3. The molecule has 2 heterocycles. The number of hydrogen-bond acceptors (Lipinski definition) is 10. The van der Waals surface area contributed by atoms with Gasteiger partial charge in [-0.05, 0) is 63.1 Å². The molecule has 0 spiro atoms. The SMILES string of the molecule is C[C@@H](COC(F)F)OC1C=C(c2ccc(S(C)(=O)=O)nc2)C=C(C(=O)Nc2ccn(C(=O)OC(C)(C)C)n2)C1=O. The Kier molecular flexibility index (Phi) is 9.32. The van der Waals surface area contributed by atoms with E-state index in [2.05, 4.69) is 20.1 Å². The second kappa shape index (κ2) is 12.1. The normalized spacial score (nSPS) is 16.8. The maximum atomic E-state index is 13.2. The monoisotopic (exact) mass is 582 g/mol. The van der Waals surface area contributed by atoms with Crippen molar-refractivity contribution in [3.63, 3.8) is 0 Å². The third-order valence-electron chi connectivity index (χ3n) is 5.10. The predicted molar refractivity (Wildman–Crippen MR) is 137 cm³/mol. The van der Waals surface area contributed by atoms with Crippen LogP contribution in [0.2, 0.25) is 0 Å². The third kappa shape index (κ3) is 8.34. The number of allylic oxidation sites excluding steroid dienone is 2. The van der Waals surface area contributed by atoms with Crippen LogP contribution >= 0.6 is 0 Å². The Hall–Kier alpha value is -3.82. The number of alkyl halides is 2. The summed E-state index contributed by atoms with van der Waals surface area (Å²) in [4.78, 5) is 42.4. The molecule has 0 aromatic carbocycles. The molecule has 0 saturated carbocycles. The van der Waals surface area contributed by atoms with Crippen LogP contribution in [0.1, 0.15) is 33.3 Å². The fourth-order valence-corrected chi connectivity index (χ4v) is 3.94. The highest BCUT2D eigenvalue weighted by Gasteiger charge is 2.32. The molecule has 216 valence electrons. The number of nitrogens with zero attached hydrogens (tertiary/aromatic N) is 3. The Morgan fingerprint density at radius 1 is 1.20 bits per heavy atom. The lowest BCUT2D eigenvalue weighted by Gasteiger charge is -2.24. The molecule has 1 aliphatic rings. The lowest BCUT2D eigenvalue weighted by Crippen LogP contribution is -2.35. The minimum Gasteiger partial charge on any atom is -0.442 e. The summed E-state index contributed by atoms with van der Waals surface area (Å²) in [5.41, 5.74) is -0.522. The van der Waals surface area contributed by atoms with Gasteiger partial charge in [-0.25, -0.2) is 18.2 Å². The number of carbonyl (C=O) groups is 3. The summed E-state index contributed by atoms with van der Waals surface area (Å²) in [5.74, 6) is -1.73. The summed E-state index contributed by atoms with van der Waals surface area (Å²) in [5, 5.41) is 6.19. The molecule has 40 heavy (non-hydrogen) atoms. The van der Waals surface area contributed by atoms with E-state index in [1.165, 1.54) is 49.7 Å². The van der Waals surface area contributed by atoms with E-state index in [0.29, 0.717) is 5.56 Å². The highest BCUT2D eigenvalue weighted by atomic mass is 32.2. The van der Waals surface area contributed by atoms with Crippen LogP contribution in [-0.2, 0) is 33.6 Å². The zero-order valence-electron chi connectivity index (χ0n) is 22.3. The van der Waals surface area contributed by atoms with Gasteiger partial charge in [0.2, 0.25) is 5.78 Å². The summed E-state index contributed by atoms with van der Waals surface area (Å²) in [6.07, 6.45) is 2.98. The van der Waals surface area contributed by atoms with E-state index in [-0.39, 0.29) is 22.0 Å². The minimum atomic E-state index is -3.58. The number of aromatic nitrogens is 3. The number of hydrogen-bond donors (Lipinski definition) is 1. The number of pyridine rings is 1. The van der Waals surface area contributed by atoms with Gasteiger partial charge < -0.3 is 19.5 Å². The maximum Gasteiger partial charge on any atom is 0.435 e. The number of halogens is 2. The Morgan fingerprint density at radius 2 is 1.90 bits per heavy atom. The molecule has 1 unspecified atom stereocenters. The number of rotatable bonds is 9. The molecule has 0 fully saturated rings. The lowest BCUT2D eigenvalue weighted by atomic mass is 9.92. The van der Waals surface area contributed by atoms with E-state index in [1.807, 2.05) is 0 Å². The molecule has 0 radical (unpaired) electrons. The number of amides is 1. The average Bonchev–Trinajstić information content (AvgIpc) is 3.31. The summed E-state index contributed by atoms with van der Waals surface area (Å²) >= 11 is 0. The minimum absolute atomic E-state index is 0.0593. The molecule has 15 heteroatoms. The van der Waals surface area contributed by atoms with Crippen LogP contribution < -0.4 is 5.32 Å². The topological polar surface area (TPSA) is 156 Å². The van der Waals surface area contributed by atoms with Crippen LogP contribution in [0, 0.1) is 0 Å². The van der Waals surface area contributed by atoms with E-state index in [4.69, 9.17) is 9.47 Å². The van der Waals surface area contributed by atoms with Crippen molar-refractivity contribution < 1.29 is 45.8 Å². The number of ketones is 1. The quantitative estimate of drug-likeness (QED) is 0.436. The first-order valence-corrected chi connectivity index (χ1v) is 13.7. The Bertz CT molecular complexity index is 1440. The summed E-state index contributed by atoms with van der Waals surface area (Å²) in [7, 11) is -3.58. The van der Waals surface area contributed by atoms with Crippen molar-refractivity contribution >= 4 is 39.0 Å². The molecule has 1 amide bonds. The first-order chi connectivity index (χ1) is 18.5. The van der Waals surface area contributed by atoms with E-state index < -0.39 is 58.6 Å². The Morgan fingerprint density at radius 3 is 2.48 bits per heavy atom. The van der Waals surface area contributed by atoms with Gasteiger partial charge in [0.1, 0.15) is 11.7 Å². The van der Waals surface area contributed by atoms with Gasteiger partial charge in [0.15, 0.2) is 20.7 Å². The molecule has 3 rings (SSSR count). The Labute approximate surface area is 228 Å². The second-order valence-electron chi connectivity index (χ2n) is 9.74. The van der Waals surface area contributed by atoms with Gasteiger partial charge in [-0.1, -0.05) is 0 Å². The highest BCUT2D eigenvalue weighted by Crippen LogP contribution is 2.27. The third-order valence-corrected chi connectivity index (χ3v) is 6.10. The molecule has 1 N–H and O–H groups in total. The predicted octanol–water partition coefficient (Wildman–Crippen LogP) is 3.01. The lowest BCUT2D eigenvalue weighted by molar-refractivity contribution is -0.159. The number of Topliss-reactive ketones (excluding diaryl/α,β-unsaturated/α-hetero) is 1. The number of sulfone groups is 1. The number of nitrogens with one attached hydrogen (secondary N) is 1. The van der Waals surface area contributed by atoms with Crippen molar-refractivity contribution in [3.05, 3.63) is 53.9 Å². The highest BCUT2D eigenvalue weighted by molar-refractivity contribution is 7.90. The molecular weight excluding hydrogens is 554 g/mol. The standard InChI is InChI=1S/C25H28F2N4O8S/c1-14(13-37-23(26)27)38-18-11-16(15-6-7-20(28-12-15)40(5,35)36)10-17(21(18)32)22(33)29-19-8-9-31(30-19)24(34)39-25(2,3)4/h6-12,14,18,23H,13H2,1-5H3,(H,29,30,33)/t14-,18?/m0/s1. The van der Waals surface area contributed by atoms with Crippen molar-refractivity contribution in [2.24, 2.45) is 0 Å². The molecule has 1 aliphatic carbocycles. The van der Waals surface area contributed by atoms with Crippen LogP contribution in [0.5, 0.6) is 0 Å². The van der Waals surface area contributed by atoms with Gasteiger partial charge >= 0.3 is 12.7 Å².